The molecule has 2 heterocycles. The van der Waals surface area contributed by atoms with E-state index in [0.717, 1.165) is 29.5 Å². The van der Waals surface area contributed by atoms with Crippen LogP contribution in [0.3, 0.4) is 0 Å². The molecule has 0 aliphatic carbocycles. The summed E-state index contributed by atoms with van der Waals surface area (Å²) in [6.07, 6.45) is 0.298. The maximum Gasteiger partial charge on any atom is 0.265 e. The van der Waals surface area contributed by atoms with Gasteiger partial charge in [-0.25, -0.2) is 0 Å². The van der Waals surface area contributed by atoms with E-state index in [1.165, 1.54) is 0 Å². The molecule has 0 unspecified atom stereocenters. The molecule has 0 saturated carbocycles. The average Bonchev–Trinajstić information content (AvgIpc) is 2.73. The molecule has 2 aliphatic rings. The first-order chi connectivity index (χ1) is 13.6. The van der Waals surface area contributed by atoms with Crippen LogP contribution in [0.5, 0.6) is 5.75 Å². The first kappa shape index (κ1) is 18.6. The Morgan fingerprint density at radius 1 is 0.964 bits per heavy atom. The number of carbonyl (C=O) groups excluding carboxylic acids is 2. The Morgan fingerprint density at radius 3 is 2.39 bits per heavy atom. The summed E-state index contributed by atoms with van der Waals surface area (Å²) in [5.74, 6) is 0.633. The molecule has 1 saturated heterocycles. The molecule has 4 rings (SSSR count). The third-order valence-corrected chi connectivity index (χ3v) is 5.50. The second-order valence-electron chi connectivity index (χ2n) is 6.87. The van der Waals surface area contributed by atoms with Gasteiger partial charge in [0.05, 0.1) is 16.4 Å². The van der Waals surface area contributed by atoms with Crippen LogP contribution in [0, 0.1) is 0 Å². The van der Waals surface area contributed by atoms with Gasteiger partial charge in [0.15, 0.2) is 6.61 Å². The second-order valence-corrected chi connectivity index (χ2v) is 7.28. The zero-order chi connectivity index (χ0) is 19.5. The number of rotatable bonds is 4. The predicted molar refractivity (Wildman–Crippen MR) is 109 cm³/mol. The molecule has 0 N–H and O–H groups in total. The molecule has 0 bridgehead atoms. The molecule has 2 aromatic rings. The lowest BCUT2D eigenvalue weighted by molar-refractivity contribution is -0.131. The highest BCUT2D eigenvalue weighted by atomic mass is 35.5. The molecule has 7 heteroatoms. The standard InChI is InChI=1S/C21H22ClN3O3/c22-16-5-1-2-6-17(16)23-11-13-24(14-12-23)20(26)9-10-25-18-7-3-4-8-19(18)28-15-21(25)27/h1-8H,9-15H2. The van der Waals surface area contributed by atoms with E-state index in [1.54, 1.807) is 4.90 Å². The number of halogens is 1. The van der Waals surface area contributed by atoms with E-state index < -0.39 is 0 Å². The summed E-state index contributed by atoms with van der Waals surface area (Å²) in [7, 11) is 0. The maximum atomic E-state index is 12.7. The average molecular weight is 400 g/mol. The predicted octanol–water partition coefficient (Wildman–Crippen LogP) is 2.80. The van der Waals surface area contributed by atoms with Crippen molar-refractivity contribution in [3.8, 4) is 5.75 Å². The van der Waals surface area contributed by atoms with Crippen LogP contribution in [0.4, 0.5) is 11.4 Å². The van der Waals surface area contributed by atoms with E-state index in [0.29, 0.717) is 31.8 Å². The van der Waals surface area contributed by atoms with Crippen molar-refractivity contribution < 1.29 is 14.3 Å². The van der Waals surface area contributed by atoms with Crippen LogP contribution in [0.2, 0.25) is 5.02 Å². The van der Waals surface area contributed by atoms with Crippen molar-refractivity contribution >= 4 is 34.8 Å². The first-order valence-corrected chi connectivity index (χ1v) is 9.81. The number of para-hydroxylation sites is 3. The van der Waals surface area contributed by atoms with Gasteiger partial charge in [-0.2, -0.15) is 0 Å². The van der Waals surface area contributed by atoms with Gasteiger partial charge in [-0.1, -0.05) is 35.9 Å². The maximum absolute atomic E-state index is 12.7. The van der Waals surface area contributed by atoms with Gasteiger partial charge in [-0.05, 0) is 24.3 Å². The third kappa shape index (κ3) is 3.78. The van der Waals surface area contributed by atoms with Crippen LogP contribution >= 0.6 is 11.6 Å². The van der Waals surface area contributed by atoms with Crippen LogP contribution in [-0.4, -0.2) is 56.0 Å². The zero-order valence-corrected chi connectivity index (χ0v) is 16.3. The van der Waals surface area contributed by atoms with Gasteiger partial charge in [-0.15, -0.1) is 0 Å². The lowest BCUT2D eigenvalue weighted by atomic mass is 10.2. The van der Waals surface area contributed by atoms with E-state index in [1.807, 2.05) is 53.4 Å². The number of hydrogen-bond donors (Lipinski definition) is 0. The molecule has 0 atom stereocenters. The molecule has 1 fully saturated rings. The van der Waals surface area contributed by atoms with Crippen LogP contribution in [-0.2, 0) is 9.59 Å². The summed E-state index contributed by atoms with van der Waals surface area (Å²) in [6.45, 7) is 3.17. The Bertz CT molecular complexity index is 881. The number of carbonyl (C=O) groups is 2. The molecular weight excluding hydrogens is 378 g/mol. The fraction of sp³-hybridized carbons (Fsp3) is 0.333. The van der Waals surface area contributed by atoms with Crippen molar-refractivity contribution in [2.24, 2.45) is 0 Å². The molecular formula is C21H22ClN3O3. The van der Waals surface area contributed by atoms with Gasteiger partial charge < -0.3 is 19.4 Å². The smallest absolute Gasteiger partial charge is 0.265 e. The molecule has 28 heavy (non-hydrogen) atoms. The monoisotopic (exact) mass is 399 g/mol. The minimum Gasteiger partial charge on any atom is -0.482 e. The van der Waals surface area contributed by atoms with Gasteiger partial charge in [0, 0.05) is 39.1 Å². The van der Waals surface area contributed by atoms with Gasteiger partial charge in [0.1, 0.15) is 5.75 Å². The van der Waals surface area contributed by atoms with Crippen LogP contribution < -0.4 is 14.5 Å². The normalized spacial score (nSPS) is 16.6. The zero-order valence-electron chi connectivity index (χ0n) is 15.5. The lowest BCUT2D eigenvalue weighted by Crippen LogP contribution is -2.49. The highest BCUT2D eigenvalue weighted by Gasteiger charge is 2.27. The van der Waals surface area contributed by atoms with E-state index in [4.69, 9.17) is 16.3 Å². The number of hydrogen-bond acceptors (Lipinski definition) is 4. The lowest BCUT2D eigenvalue weighted by Gasteiger charge is -2.37. The van der Waals surface area contributed by atoms with Crippen molar-refractivity contribution in [1.82, 2.24) is 4.90 Å². The Balaban J connectivity index is 1.33. The van der Waals surface area contributed by atoms with Gasteiger partial charge in [-0.3, -0.25) is 9.59 Å². The number of nitrogens with zero attached hydrogens (tertiary/aromatic N) is 3. The summed E-state index contributed by atoms with van der Waals surface area (Å²) in [5, 5.41) is 0.728. The van der Waals surface area contributed by atoms with Crippen molar-refractivity contribution in [1.29, 1.82) is 0 Å². The molecule has 0 aromatic heterocycles. The Morgan fingerprint density at radius 2 is 1.64 bits per heavy atom. The molecule has 6 nitrogen and oxygen atoms in total. The number of ether oxygens (including phenoxy) is 1. The quantitative estimate of drug-likeness (QED) is 0.793. The largest absolute Gasteiger partial charge is 0.482 e. The topological polar surface area (TPSA) is 53.1 Å². The van der Waals surface area contributed by atoms with E-state index >= 15 is 0 Å². The number of anilines is 2. The Hall–Kier alpha value is -2.73. The van der Waals surface area contributed by atoms with E-state index in [9.17, 15) is 9.59 Å². The fourth-order valence-electron chi connectivity index (χ4n) is 3.67. The van der Waals surface area contributed by atoms with Gasteiger partial charge in [0.2, 0.25) is 5.91 Å². The van der Waals surface area contributed by atoms with Crippen molar-refractivity contribution in [3.05, 3.63) is 53.6 Å². The third-order valence-electron chi connectivity index (χ3n) is 5.18. The van der Waals surface area contributed by atoms with Gasteiger partial charge in [0.25, 0.3) is 5.91 Å². The minimum absolute atomic E-state index is 0.0156. The highest BCUT2D eigenvalue weighted by molar-refractivity contribution is 6.33. The number of benzene rings is 2. The number of amides is 2. The summed E-state index contributed by atoms with van der Waals surface area (Å²) in [4.78, 5) is 30.6. The molecule has 0 spiro atoms. The van der Waals surface area contributed by atoms with Crippen LogP contribution in [0.1, 0.15) is 6.42 Å². The summed E-state index contributed by atoms with van der Waals surface area (Å²) in [5.41, 5.74) is 1.74. The number of piperazine rings is 1. The minimum atomic E-state index is -0.116. The Kier molecular flexibility index (Phi) is 5.39. The SMILES string of the molecule is O=C(CCN1C(=O)COc2ccccc21)N1CCN(c2ccccc2Cl)CC1. The second kappa shape index (κ2) is 8.10. The fourth-order valence-corrected chi connectivity index (χ4v) is 3.92. The van der Waals surface area contributed by atoms with Gasteiger partial charge >= 0.3 is 0 Å². The van der Waals surface area contributed by atoms with Crippen LogP contribution in [0.15, 0.2) is 48.5 Å². The molecule has 2 amide bonds. The van der Waals surface area contributed by atoms with Crippen molar-refractivity contribution in [3.63, 3.8) is 0 Å². The molecule has 2 aliphatic heterocycles. The summed E-state index contributed by atoms with van der Waals surface area (Å²) < 4.78 is 5.45. The van der Waals surface area contributed by atoms with Crippen molar-refractivity contribution in [2.75, 3.05) is 49.1 Å². The van der Waals surface area contributed by atoms with E-state index in [-0.39, 0.29) is 18.4 Å². The van der Waals surface area contributed by atoms with Crippen LogP contribution in [0.25, 0.3) is 0 Å². The number of fused-ring (bicyclic) bond motifs is 1. The van der Waals surface area contributed by atoms with E-state index in [2.05, 4.69) is 4.90 Å². The molecule has 146 valence electrons. The molecule has 2 aromatic carbocycles. The summed E-state index contributed by atoms with van der Waals surface area (Å²) >= 11 is 6.28. The first-order valence-electron chi connectivity index (χ1n) is 9.43. The highest BCUT2D eigenvalue weighted by Crippen LogP contribution is 2.31. The molecule has 0 radical (unpaired) electrons. The Labute approximate surface area is 169 Å². The van der Waals surface area contributed by atoms with Crippen molar-refractivity contribution in [2.45, 2.75) is 6.42 Å². The summed E-state index contributed by atoms with van der Waals surface area (Å²) in [6, 6.07) is 15.2.